The summed E-state index contributed by atoms with van der Waals surface area (Å²) >= 11 is 0. The fraction of sp³-hybridized carbons (Fsp3) is 0.375. The Morgan fingerprint density at radius 2 is 2.10 bits per heavy atom. The van der Waals surface area contributed by atoms with Gasteiger partial charge in [-0.1, -0.05) is 32.0 Å². The Morgan fingerprint density at radius 1 is 1.35 bits per heavy atom. The first-order chi connectivity index (χ1) is 9.56. The third-order valence-electron chi connectivity index (χ3n) is 3.11. The number of aliphatic hydroxyl groups excluding tert-OH is 1. The van der Waals surface area contributed by atoms with Crippen LogP contribution in [0.15, 0.2) is 36.5 Å². The van der Waals surface area contributed by atoms with Crippen LogP contribution in [0.5, 0.6) is 0 Å². The van der Waals surface area contributed by atoms with Crippen molar-refractivity contribution in [2.24, 2.45) is 5.92 Å². The summed E-state index contributed by atoms with van der Waals surface area (Å²) < 4.78 is 0. The second kappa shape index (κ2) is 6.48. The van der Waals surface area contributed by atoms with Crippen LogP contribution in [0.25, 0.3) is 10.9 Å². The summed E-state index contributed by atoms with van der Waals surface area (Å²) in [6, 6.07) is 9.83. The number of aliphatic hydroxyl groups is 1. The zero-order valence-electron chi connectivity index (χ0n) is 11.8. The van der Waals surface area contributed by atoms with E-state index < -0.39 is 6.10 Å². The molecule has 1 aromatic carbocycles. The van der Waals surface area contributed by atoms with Gasteiger partial charge in [0.2, 0.25) is 5.91 Å². The summed E-state index contributed by atoms with van der Waals surface area (Å²) in [5, 5.41) is 13.5. The standard InChI is InChI=1S/C16H20N2O2/c1-11(2)7-15(19)16(20)18-10-12-8-13-5-3-4-6-14(13)17-9-12/h3-6,8-9,11,15,19H,7,10H2,1-2H3,(H,18,20). The van der Waals surface area contributed by atoms with Crippen molar-refractivity contribution in [1.82, 2.24) is 10.3 Å². The summed E-state index contributed by atoms with van der Waals surface area (Å²) in [4.78, 5) is 16.1. The van der Waals surface area contributed by atoms with Crippen LogP contribution in [-0.2, 0) is 11.3 Å². The van der Waals surface area contributed by atoms with Crippen LogP contribution in [0, 0.1) is 5.92 Å². The highest BCUT2D eigenvalue weighted by atomic mass is 16.3. The molecular weight excluding hydrogens is 252 g/mol. The number of amides is 1. The lowest BCUT2D eigenvalue weighted by Gasteiger charge is -2.13. The van der Waals surface area contributed by atoms with E-state index in [-0.39, 0.29) is 11.8 Å². The molecule has 0 aliphatic rings. The maximum absolute atomic E-state index is 11.7. The maximum atomic E-state index is 11.7. The summed E-state index contributed by atoms with van der Waals surface area (Å²) in [5.74, 6) is -0.0371. The number of para-hydroxylation sites is 1. The molecule has 4 heteroatoms. The zero-order chi connectivity index (χ0) is 14.5. The topological polar surface area (TPSA) is 62.2 Å². The van der Waals surface area contributed by atoms with Crippen molar-refractivity contribution in [2.45, 2.75) is 32.9 Å². The normalized spacial score (nSPS) is 12.6. The van der Waals surface area contributed by atoms with E-state index in [1.165, 1.54) is 0 Å². The number of aromatic nitrogens is 1. The van der Waals surface area contributed by atoms with Crippen molar-refractivity contribution in [3.05, 3.63) is 42.1 Å². The molecule has 0 aliphatic heterocycles. The average Bonchev–Trinajstić information content (AvgIpc) is 2.43. The molecule has 1 atom stereocenters. The zero-order valence-corrected chi connectivity index (χ0v) is 11.8. The van der Waals surface area contributed by atoms with Crippen LogP contribution >= 0.6 is 0 Å². The van der Waals surface area contributed by atoms with Crippen LogP contribution < -0.4 is 5.32 Å². The van der Waals surface area contributed by atoms with Crippen LogP contribution in [0.3, 0.4) is 0 Å². The lowest BCUT2D eigenvalue weighted by atomic mass is 10.1. The SMILES string of the molecule is CC(C)CC(O)C(=O)NCc1cnc2ccccc2c1. The van der Waals surface area contributed by atoms with E-state index in [0.29, 0.717) is 13.0 Å². The van der Waals surface area contributed by atoms with Crippen molar-refractivity contribution in [3.8, 4) is 0 Å². The number of benzene rings is 1. The molecule has 0 radical (unpaired) electrons. The highest BCUT2D eigenvalue weighted by Gasteiger charge is 2.15. The first-order valence-corrected chi connectivity index (χ1v) is 6.85. The van der Waals surface area contributed by atoms with Gasteiger partial charge < -0.3 is 10.4 Å². The van der Waals surface area contributed by atoms with Crippen molar-refractivity contribution in [3.63, 3.8) is 0 Å². The van der Waals surface area contributed by atoms with Gasteiger partial charge in [-0.2, -0.15) is 0 Å². The number of pyridine rings is 1. The van der Waals surface area contributed by atoms with E-state index in [2.05, 4.69) is 10.3 Å². The van der Waals surface area contributed by atoms with E-state index in [0.717, 1.165) is 16.5 Å². The average molecular weight is 272 g/mol. The summed E-state index contributed by atoms with van der Waals surface area (Å²) in [6.07, 6.45) is 1.28. The third kappa shape index (κ3) is 3.78. The Balaban J connectivity index is 1.97. The minimum Gasteiger partial charge on any atom is -0.383 e. The Morgan fingerprint density at radius 3 is 2.85 bits per heavy atom. The molecule has 1 aromatic heterocycles. The maximum Gasteiger partial charge on any atom is 0.249 e. The minimum absolute atomic E-state index is 0.290. The Bertz CT molecular complexity index is 596. The molecule has 1 amide bonds. The van der Waals surface area contributed by atoms with E-state index >= 15 is 0 Å². The van der Waals surface area contributed by atoms with E-state index in [9.17, 15) is 9.90 Å². The Kier molecular flexibility index (Phi) is 4.69. The molecule has 2 rings (SSSR count). The van der Waals surface area contributed by atoms with Gasteiger partial charge in [0.15, 0.2) is 0 Å². The molecule has 0 bridgehead atoms. The molecule has 106 valence electrons. The summed E-state index contributed by atoms with van der Waals surface area (Å²) in [6.45, 7) is 4.33. The number of hydrogen-bond acceptors (Lipinski definition) is 3. The summed E-state index contributed by atoms with van der Waals surface area (Å²) in [7, 11) is 0. The second-order valence-corrected chi connectivity index (χ2v) is 5.40. The van der Waals surface area contributed by atoms with Crippen LogP contribution in [0.4, 0.5) is 0 Å². The van der Waals surface area contributed by atoms with Gasteiger partial charge in [0.25, 0.3) is 0 Å². The van der Waals surface area contributed by atoms with Gasteiger partial charge in [-0.3, -0.25) is 9.78 Å². The molecule has 0 saturated heterocycles. The highest BCUT2D eigenvalue weighted by Crippen LogP contribution is 2.12. The van der Waals surface area contributed by atoms with E-state index in [1.54, 1.807) is 6.20 Å². The van der Waals surface area contributed by atoms with Crippen molar-refractivity contribution >= 4 is 16.8 Å². The number of nitrogens with zero attached hydrogens (tertiary/aromatic N) is 1. The molecule has 2 N–H and O–H groups in total. The molecule has 1 unspecified atom stereocenters. The van der Waals surface area contributed by atoms with E-state index in [1.807, 2.05) is 44.2 Å². The van der Waals surface area contributed by atoms with Gasteiger partial charge in [-0.05, 0) is 30.0 Å². The first-order valence-electron chi connectivity index (χ1n) is 6.85. The molecule has 4 nitrogen and oxygen atoms in total. The lowest BCUT2D eigenvalue weighted by Crippen LogP contribution is -2.34. The number of nitrogens with one attached hydrogen (secondary N) is 1. The lowest BCUT2D eigenvalue weighted by molar-refractivity contribution is -0.130. The highest BCUT2D eigenvalue weighted by molar-refractivity contribution is 5.81. The van der Waals surface area contributed by atoms with Crippen molar-refractivity contribution in [1.29, 1.82) is 0 Å². The largest absolute Gasteiger partial charge is 0.383 e. The number of fused-ring (bicyclic) bond motifs is 1. The molecule has 0 aliphatic carbocycles. The molecule has 0 fully saturated rings. The number of hydrogen-bond donors (Lipinski definition) is 2. The Hall–Kier alpha value is -1.94. The van der Waals surface area contributed by atoms with Gasteiger partial charge in [0.05, 0.1) is 5.52 Å². The van der Waals surface area contributed by atoms with Crippen molar-refractivity contribution in [2.75, 3.05) is 0 Å². The predicted octanol–water partition coefficient (Wildman–Crippen LogP) is 2.26. The minimum atomic E-state index is -0.941. The number of carbonyl (C=O) groups excluding carboxylic acids is 1. The van der Waals surface area contributed by atoms with Gasteiger partial charge in [0.1, 0.15) is 6.10 Å². The van der Waals surface area contributed by atoms with Gasteiger partial charge >= 0.3 is 0 Å². The third-order valence-corrected chi connectivity index (χ3v) is 3.11. The molecule has 1 heterocycles. The van der Waals surface area contributed by atoms with Gasteiger partial charge in [0, 0.05) is 18.1 Å². The van der Waals surface area contributed by atoms with E-state index in [4.69, 9.17) is 0 Å². The van der Waals surface area contributed by atoms with Crippen LogP contribution in [0.2, 0.25) is 0 Å². The number of rotatable bonds is 5. The summed E-state index contributed by atoms with van der Waals surface area (Å²) in [5.41, 5.74) is 1.86. The second-order valence-electron chi connectivity index (χ2n) is 5.40. The smallest absolute Gasteiger partial charge is 0.249 e. The van der Waals surface area contributed by atoms with Gasteiger partial charge in [-0.25, -0.2) is 0 Å². The molecule has 2 aromatic rings. The molecule has 20 heavy (non-hydrogen) atoms. The first kappa shape index (κ1) is 14.5. The van der Waals surface area contributed by atoms with Crippen molar-refractivity contribution < 1.29 is 9.90 Å². The fourth-order valence-electron chi connectivity index (χ4n) is 2.07. The molecular formula is C16H20N2O2. The number of carbonyl (C=O) groups is 1. The fourth-order valence-corrected chi connectivity index (χ4v) is 2.07. The predicted molar refractivity (Wildman–Crippen MR) is 79.1 cm³/mol. The molecule has 0 saturated carbocycles. The monoisotopic (exact) mass is 272 g/mol. The Labute approximate surface area is 118 Å². The molecule has 0 spiro atoms. The van der Waals surface area contributed by atoms with Crippen LogP contribution in [-0.4, -0.2) is 22.1 Å². The van der Waals surface area contributed by atoms with Crippen LogP contribution in [0.1, 0.15) is 25.8 Å². The quantitative estimate of drug-likeness (QED) is 0.877. The van der Waals surface area contributed by atoms with Gasteiger partial charge in [-0.15, -0.1) is 0 Å².